The Kier molecular flexibility index (Phi) is 17.0. The molecule has 20 heteroatoms. The van der Waals surface area contributed by atoms with Gasteiger partial charge in [-0.15, -0.1) is 0 Å². The summed E-state index contributed by atoms with van der Waals surface area (Å²) in [4.78, 5) is 64.4. The number of H-pyrrole nitrogens is 2. The molecule has 2 aromatic heterocycles. The molecule has 4 aliphatic heterocycles. The lowest BCUT2D eigenvalue weighted by Crippen LogP contribution is -2.52. The fourth-order valence-electron chi connectivity index (χ4n) is 11.9. The number of carbonyl (C=O) groups is 4. The normalized spacial score (nSPS) is 18.7. The summed E-state index contributed by atoms with van der Waals surface area (Å²) in [5, 5.41) is 29.0. The number of benzene rings is 4. The fourth-order valence-corrected chi connectivity index (χ4v) is 12.2. The molecular weight excluding hydrogens is 1020 g/mol. The van der Waals surface area contributed by atoms with Crippen molar-refractivity contribution in [2.75, 3.05) is 70.1 Å². The molecule has 4 aromatic carbocycles. The number of rotatable bonds is 11. The summed E-state index contributed by atoms with van der Waals surface area (Å²) in [6.07, 6.45) is 5.73. The maximum absolute atomic E-state index is 12.8. The first-order valence-corrected chi connectivity index (χ1v) is 26.7. The maximum atomic E-state index is 12.8. The number of ether oxygens (including phenoxy) is 1. The molecule has 4 fully saturated rings. The number of urea groups is 2. The molecular formula is C56H63Cl2F3N8O7. The van der Waals surface area contributed by atoms with Crippen LogP contribution in [0.5, 0.6) is 5.75 Å². The van der Waals surface area contributed by atoms with Crippen LogP contribution in [0.25, 0.3) is 21.8 Å². The van der Waals surface area contributed by atoms with Crippen molar-refractivity contribution in [3.8, 4) is 5.75 Å². The monoisotopic (exact) mass is 1090 g/mol. The topological polar surface area (TPSA) is 187 Å². The minimum absolute atomic E-state index is 0.00127. The molecule has 0 bridgehead atoms. The molecule has 2 unspecified atom stereocenters. The van der Waals surface area contributed by atoms with Crippen molar-refractivity contribution in [2.24, 2.45) is 11.8 Å². The van der Waals surface area contributed by atoms with Crippen LogP contribution in [0.1, 0.15) is 79.9 Å². The van der Waals surface area contributed by atoms with E-state index in [1.165, 1.54) is 34.0 Å². The Morgan fingerprint density at radius 2 is 1.07 bits per heavy atom. The van der Waals surface area contributed by atoms with Gasteiger partial charge in [0.1, 0.15) is 17.8 Å². The molecule has 4 amide bonds. The number of methoxy groups -OCH3 is 1. The Balaban J connectivity index is 0.000000186. The maximum Gasteiger partial charge on any atom is 0.416 e. The number of carboxylic acid groups (broad SMARTS) is 2. The summed E-state index contributed by atoms with van der Waals surface area (Å²) in [6.45, 7) is 4.70. The lowest BCUT2D eigenvalue weighted by Gasteiger charge is -2.41. The first-order chi connectivity index (χ1) is 36.5. The van der Waals surface area contributed by atoms with Crippen LogP contribution < -0.4 is 15.4 Å². The van der Waals surface area contributed by atoms with Crippen LogP contribution in [0.15, 0.2) is 97.3 Å². The van der Waals surface area contributed by atoms with Crippen molar-refractivity contribution >= 4 is 80.4 Å². The van der Waals surface area contributed by atoms with Gasteiger partial charge in [0, 0.05) is 77.8 Å². The fraction of sp³-hybridized carbons (Fsp3) is 0.429. The number of nitrogens with one attached hydrogen (secondary N) is 4. The van der Waals surface area contributed by atoms with Crippen molar-refractivity contribution in [3.63, 3.8) is 0 Å². The van der Waals surface area contributed by atoms with Gasteiger partial charge in [-0.1, -0.05) is 41.4 Å². The largest absolute Gasteiger partial charge is 0.497 e. The number of para-hydroxylation sites is 1. The second-order valence-corrected chi connectivity index (χ2v) is 21.2. The van der Waals surface area contributed by atoms with Gasteiger partial charge in [0.2, 0.25) is 0 Å². The number of aliphatic carboxylic acids is 2. The number of aromatic nitrogens is 2. The van der Waals surface area contributed by atoms with Gasteiger partial charge in [0.15, 0.2) is 0 Å². The minimum atomic E-state index is -4.43. The molecule has 6 heterocycles. The third-order valence-corrected chi connectivity index (χ3v) is 16.7. The Hall–Kier alpha value is -6.47. The number of piperidine rings is 4. The van der Waals surface area contributed by atoms with Crippen LogP contribution in [-0.2, 0) is 15.8 Å². The number of hydrogen-bond donors (Lipinski definition) is 6. The molecule has 2 atom stereocenters. The Labute approximate surface area is 448 Å². The van der Waals surface area contributed by atoms with Crippen LogP contribution in [0.2, 0.25) is 10.0 Å². The van der Waals surface area contributed by atoms with E-state index in [1.54, 1.807) is 35.1 Å². The summed E-state index contributed by atoms with van der Waals surface area (Å²) in [6, 6.07) is 21.8. The number of nitrogens with zero attached hydrogens (tertiary/aromatic N) is 4. The summed E-state index contributed by atoms with van der Waals surface area (Å²) < 4.78 is 43.6. The van der Waals surface area contributed by atoms with Crippen LogP contribution in [0.4, 0.5) is 34.1 Å². The first-order valence-electron chi connectivity index (χ1n) is 25.9. The van der Waals surface area contributed by atoms with Crippen molar-refractivity contribution in [2.45, 2.75) is 81.5 Å². The quantitative estimate of drug-likeness (QED) is 0.0734. The molecule has 4 saturated heterocycles. The second kappa shape index (κ2) is 23.8. The smallest absolute Gasteiger partial charge is 0.416 e. The van der Waals surface area contributed by atoms with Crippen molar-refractivity contribution < 1.29 is 47.3 Å². The van der Waals surface area contributed by atoms with Crippen molar-refractivity contribution in [3.05, 3.63) is 124 Å². The van der Waals surface area contributed by atoms with Crippen molar-refractivity contribution in [1.82, 2.24) is 29.6 Å². The molecule has 0 saturated carbocycles. The lowest BCUT2D eigenvalue weighted by molar-refractivity contribution is -0.147. The highest BCUT2D eigenvalue weighted by atomic mass is 35.5. The van der Waals surface area contributed by atoms with E-state index >= 15 is 0 Å². The highest BCUT2D eigenvalue weighted by molar-refractivity contribution is 6.42. The first kappa shape index (κ1) is 54.3. The predicted molar refractivity (Wildman–Crippen MR) is 288 cm³/mol. The number of aromatic amines is 2. The Morgan fingerprint density at radius 3 is 1.55 bits per heavy atom. The molecule has 0 spiro atoms. The number of hydrogen-bond acceptors (Lipinski definition) is 7. The number of alkyl halides is 3. The van der Waals surface area contributed by atoms with E-state index in [2.05, 4.69) is 61.0 Å². The molecule has 0 radical (unpaired) electrons. The van der Waals surface area contributed by atoms with Gasteiger partial charge < -0.3 is 45.4 Å². The van der Waals surface area contributed by atoms with Gasteiger partial charge in [-0.25, -0.2) is 9.59 Å². The number of likely N-dealkylation sites (tertiary alicyclic amines) is 4. The van der Waals surface area contributed by atoms with Crippen molar-refractivity contribution in [1.29, 1.82) is 0 Å². The number of fused-ring (bicyclic) bond motifs is 2. The van der Waals surface area contributed by atoms with E-state index in [0.29, 0.717) is 92.5 Å². The molecule has 10 rings (SSSR count). The van der Waals surface area contributed by atoms with Crippen LogP contribution in [0, 0.1) is 11.8 Å². The second-order valence-electron chi connectivity index (χ2n) is 20.3. The molecule has 6 N–H and O–H groups in total. The van der Waals surface area contributed by atoms with E-state index in [9.17, 15) is 42.6 Å². The highest BCUT2D eigenvalue weighted by Gasteiger charge is 2.40. The van der Waals surface area contributed by atoms with E-state index in [0.717, 1.165) is 67.7 Å². The van der Waals surface area contributed by atoms with Gasteiger partial charge in [0.25, 0.3) is 0 Å². The summed E-state index contributed by atoms with van der Waals surface area (Å²) >= 11 is 12.0. The zero-order valence-electron chi connectivity index (χ0n) is 42.1. The van der Waals surface area contributed by atoms with Crippen LogP contribution >= 0.6 is 23.2 Å². The van der Waals surface area contributed by atoms with E-state index in [4.69, 9.17) is 27.9 Å². The van der Waals surface area contributed by atoms with E-state index < -0.39 is 41.8 Å². The average molecular weight is 1090 g/mol. The summed E-state index contributed by atoms with van der Waals surface area (Å²) in [5.41, 5.74) is 4.83. The van der Waals surface area contributed by atoms with Crippen LogP contribution in [0.3, 0.4) is 0 Å². The molecule has 404 valence electrons. The molecule has 0 aliphatic carbocycles. The van der Waals surface area contributed by atoms with Gasteiger partial charge >= 0.3 is 30.2 Å². The standard InChI is InChI=1S/C28H32Cl2N4O4.C28H31F3N4O3/c1-38-20-3-4-21-22(16-31-25(21)15-20)17-6-10-33(11-7-17)26(27(35)36)18-8-12-34(13-9-18)28(37)32-19-2-5-23(29)24(30)14-19;29-28(30,31)20-5-7-21(8-6-20)33-27(38)35-15-11-19(12-16-35)25(26(36)37)34-13-9-18(10-14-34)23-17-32-24-4-2-1-3-22(23)24/h2-5,14-18,26,31H,6-13H2,1H3,(H,32,37)(H,35,36);1-8,17-19,25,32H,9-16H2,(H,33,38)(H,36,37). The number of amides is 4. The number of halogens is 5. The Bertz CT molecular complexity index is 2990. The van der Waals surface area contributed by atoms with Gasteiger partial charge in [-0.05, 0) is 173 Å². The predicted octanol–water partition coefficient (Wildman–Crippen LogP) is 11.8. The molecule has 4 aliphatic rings. The van der Waals surface area contributed by atoms with E-state index in [1.807, 2.05) is 24.3 Å². The number of carboxylic acids is 2. The summed E-state index contributed by atoms with van der Waals surface area (Å²) in [7, 11) is 1.66. The highest BCUT2D eigenvalue weighted by Crippen LogP contribution is 2.39. The number of anilines is 2. The molecule has 6 aromatic rings. The third kappa shape index (κ3) is 12.5. The van der Waals surface area contributed by atoms with Gasteiger partial charge in [-0.2, -0.15) is 13.2 Å². The zero-order valence-corrected chi connectivity index (χ0v) is 43.6. The van der Waals surface area contributed by atoms with E-state index in [-0.39, 0.29) is 23.6 Å². The minimum Gasteiger partial charge on any atom is -0.497 e. The third-order valence-electron chi connectivity index (χ3n) is 16.0. The average Bonchev–Trinajstić information content (AvgIpc) is 4.05. The molecule has 76 heavy (non-hydrogen) atoms. The Morgan fingerprint density at radius 1 is 0.592 bits per heavy atom. The van der Waals surface area contributed by atoms with Crippen LogP contribution in [-0.4, -0.2) is 135 Å². The molecule has 15 nitrogen and oxygen atoms in total. The van der Waals surface area contributed by atoms with Gasteiger partial charge in [-0.3, -0.25) is 19.4 Å². The SMILES string of the molecule is COc1ccc2c(C3CCN(C(C(=O)O)C4CCN(C(=O)Nc5ccc(Cl)c(Cl)c5)CC4)CC3)c[nH]c2c1.O=C(O)C(C1CCN(C(=O)Nc2ccc(C(F)(F)F)cc2)CC1)N1CCC(c2c[nH]c3ccccc23)CC1. The lowest BCUT2D eigenvalue weighted by atomic mass is 9.84. The number of carbonyl (C=O) groups excluding carboxylic acids is 2. The zero-order chi connectivity index (χ0) is 53.7. The van der Waals surface area contributed by atoms with Gasteiger partial charge in [0.05, 0.1) is 22.7 Å². The summed E-state index contributed by atoms with van der Waals surface area (Å²) in [5.74, 6) is -0.0966.